The number of halogens is 2. The van der Waals surface area contributed by atoms with E-state index in [0.717, 1.165) is 0 Å². The maximum absolute atomic E-state index is 12.3. The van der Waals surface area contributed by atoms with Gasteiger partial charge in [-0.15, -0.1) is 23.2 Å². The minimum absolute atomic E-state index is 0.0647. The molecule has 4 nitrogen and oxygen atoms in total. The van der Waals surface area contributed by atoms with Crippen LogP contribution in [0.2, 0.25) is 0 Å². The number of nitrogens with zero attached hydrogens (tertiary/aromatic N) is 1. The van der Waals surface area contributed by atoms with Gasteiger partial charge in [0.2, 0.25) is 0 Å². The predicted octanol–water partition coefficient (Wildman–Crippen LogP) is 2.95. The molecule has 2 unspecified atom stereocenters. The van der Waals surface area contributed by atoms with Gasteiger partial charge in [0.25, 0.3) is 10.0 Å². The first kappa shape index (κ1) is 16.2. The molecule has 1 aromatic carbocycles. The van der Waals surface area contributed by atoms with Crippen molar-refractivity contribution in [1.82, 2.24) is 0 Å². The first-order valence-corrected chi connectivity index (χ1v) is 8.47. The van der Waals surface area contributed by atoms with Crippen LogP contribution in [0.5, 0.6) is 0 Å². The first-order valence-electron chi connectivity index (χ1n) is 6.16. The molecule has 0 aliphatic heterocycles. The molecule has 0 spiro atoms. The molecule has 1 aliphatic rings. The molecule has 0 fully saturated rings. The van der Waals surface area contributed by atoms with Crippen molar-refractivity contribution in [1.29, 1.82) is 0 Å². The molecule has 7 heteroatoms. The van der Waals surface area contributed by atoms with Crippen molar-refractivity contribution < 1.29 is 13.2 Å². The van der Waals surface area contributed by atoms with E-state index in [2.05, 4.69) is 4.40 Å². The fraction of sp³-hybridized carbons (Fsp3) is 0.286. The lowest BCUT2D eigenvalue weighted by atomic mass is 9.90. The van der Waals surface area contributed by atoms with Gasteiger partial charge in [-0.1, -0.05) is 18.2 Å². The minimum atomic E-state index is -3.89. The van der Waals surface area contributed by atoms with Gasteiger partial charge >= 0.3 is 0 Å². The number of allylic oxidation sites excluding steroid dienone is 2. The van der Waals surface area contributed by atoms with E-state index in [1.165, 1.54) is 12.1 Å². The fourth-order valence-corrected chi connectivity index (χ4v) is 3.74. The van der Waals surface area contributed by atoms with Crippen LogP contribution in [-0.4, -0.2) is 30.7 Å². The molecule has 0 heterocycles. The van der Waals surface area contributed by atoms with Crippen molar-refractivity contribution in [2.45, 2.75) is 29.5 Å². The van der Waals surface area contributed by atoms with Crippen LogP contribution in [0.15, 0.2) is 50.8 Å². The fourth-order valence-electron chi connectivity index (χ4n) is 1.96. The monoisotopic (exact) mass is 345 g/mol. The summed E-state index contributed by atoms with van der Waals surface area (Å²) in [6.45, 7) is 3.20. The summed E-state index contributed by atoms with van der Waals surface area (Å²) in [5, 5.41) is -1.98. The highest BCUT2D eigenvalue weighted by atomic mass is 35.5. The van der Waals surface area contributed by atoms with Gasteiger partial charge in [0.15, 0.2) is 5.78 Å². The van der Waals surface area contributed by atoms with Crippen molar-refractivity contribution in [3.05, 3.63) is 41.5 Å². The second-order valence-electron chi connectivity index (χ2n) is 4.68. The number of benzene rings is 1. The van der Waals surface area contributed by atoms with Crippen LogP contribution in [0.1, 0.15) is 13.8 Å². The zero-order valence-corrected chi connectivity index (χ0v) is 13.7. The Morgan fingerprint density at radius 2 is 1.57 bits per heavy atom. The SMILES string of the molecule is CC1=C(C)/C(=N\S(=O)(=O)c2ccccc2)C(Cl)C(Cl)C1=O. The normalized spacial score (nSPS) is 25.5. The summed E-state index contributed by atoms with van der Waals surface area (Å²) in [7, 11) is -3.89. The molecule has 0 bridgehead atoms. The topological polar surface area (TPSA) is 63.6 Å². The van der Waals surface area contributed by atoms with Crippen LogP contribution < -0.4 is 0 Å². The van der Waals surface area contributed by atoms with Gasteiger partial charge in [0.1, 0.15) is 10.8 Å². The summed E-state index contributed by atoms with van der Waals surface area (Å²) < 4.78 is 28.4. The van der Waals surface area contributed by atoms with Crippen molar-refractivity contribution in [3.63, 3.8) is 0 Å². The number of hydrogen-bond acceptors (Lipinski definition) is 3. The lowest BCUT2D eigenvalue weighted by Gasteiger charge is -2.25. The number of ketones is 1. The Labute approximate surface area is 133 Å². The second-order valence-corrected chi connectivity index (χ2v) is 7.23. The molecule has 0 amide bonds. The van der Waals surface area contributed by atoms with E-state index in [0.29, 0.717) is 11.1 Å². The van der Waals surface area contributed by atoms with Crippen LogP contribution >= 0.6 is 23.2 Å². The minimum Gasteiger partial charge on any atom is -0.293 e. The van der Waals surface area contributed by atoms with E-state index in [4.69, 9.17) is 23.2 Å². The Balaban J connectivity index is 2.57. The lowest BCUT2D eigenvalue weighted by molar-refractivity contribution is -0.115. The number of carbonyl (C=O) groups excluding carboxylic acids is 1. The Morgan fingerprint density at radius 1 is 1.00 bits per heavy atom. The lowest BCUT2D eigenvalue weighted by Crippen LogP contribution is -2.39. The predicted molar refractivity (Wildman–Crippen MR) is 83.7 cm³/mol. The Kier molecular flexibility index (Phi) is 4.56. The van der Waals surface area contributed by atoms with Gasteiger partial charge < -0.3 is 0 Å². The van der Waals surface area contributed by atoms with Crippen molar-refractivity contribution >= 4 is 44.7 Å². The Morgan fingerprint density at radius 3 is 2.14 bits per heavy atom. The molecule has 0 saturated heterocycles. The Hall–Kier alpha value is -1.17. The molecule has 1 aliphatic carbocycles. The van der Waals surface area contributed by atoms with Gasteiger partial charge in [0, 0.05) is 0 Å². The number of hydrogen-bond donors (Lipinski definition) is 0. The number of sulfonamides is 1. The van der Waals surface area contributed by atoms with Gasteiger partial charge in [-0.05, 0) is 37.1 Å². The highest BCUT2D eigenvalue weighted by molar-refractivity contribution is 7.90. The van der Waals surface area contributed by atoms with Crippen LogP contribution in [0.3, 0.4) is 0 Å². The molecule has 0 saturated carbocycles. The first-order chi connectivity index (χ1) is 9.75. The van der Waals surface area contributed by atoms with Crippen LogP contribution in [0.4, 0.5) is 0 Å². The van der Waals surface area contributed by atoms with E-state index in [1.807, 2.05) is 0 Å². The van der Waals surface area contributed by atoms with Crippen LogP contribution in [0.25, 0.3) is 0 Å². The summed E-state index contributed by atoms with van der Waals surface area (Å²) in [5.74, 6) is -0.301. The summed E-state index contributed by atoms with van der Waals surface area (Å²) in [6, 6.07) is 7.81. The summed E-state index contributed by atoms with van der Waals surface area (Å²) in [4.78, 5) is 11.9. The van der Waals surface area contributed by atoms with Crippen molar-refractivity contribution in [2.24, 2.45) is 4.40 Å². The third kappa shape index (κ3) is 3.05. The van der Waals surface area contributed by atoms with Crippen LogP contribution in [-0.2, 0) is 14.8 Å². The van der Waals surface area contributed by atoms with Gasteiger partial charge in [0.05, 0.1) is 10.6 Å². The third-order valence-electron chi connectivity index (χ3n) is 3.34. The molecular weight excluding hydrogens is 333 g/mol. The molecule has 0 aromatic heterocycles. The van der Waals surface area contributed by atoms with Crippen LogP contribution in [0, 0.1) is 0 Å². The summed E-state index contributed by atoms with van der Waals surface area (Å²) >= 11 is 12.1. The van der Waals surface area contributed by atoms with Gasteiger partial charge in [-0.25, -0.2) is 0 Å². The van der Waals surface area contributed by atoms with E-state index in [9.17, 15) is 13.2 Å². The Bertz CT molecular complexity index is 739. The average molecular weight is 346 g/mol. The number of carbonyl (C=O) groups is 1. The summed E-state index contributed by atoms with van der Waals surface area (Å²) in [6.07, 6.45) is 0. The summed E-state index contributed by atoms with van der Waals surface area (Å²) in [5.41, 5.74) is 0.961. The molecule has 2 atom stereocenters. The maximum Gasteiger partial charge on any atom is 0.282 e. The molecule has 1 aromatic rings. The smallest absolute Gasteiger partial charge is 0.282 e. The van der Waals surface area contributed by atoms with Gasteiger partial charge in [-0.3, -0.25) is 4.79 Å². The quantitative estimate of drug-likeness (QED) is 0.774. The van der Waals surface area contributed by atoms with E-state index in [-0.39, 0.29) is 16.4 Å². The van der Waals surface area contributed by atoms with E-state index < -0.39 is 20.8 Å². The average Bonchev–Trinajstić information content (AvgIpc) is 2.48. The molecule has 0 N–H and O–H groups in total. The second kappa shape index (κ2) is 5.91. The molecule has 21 heavy (non-hydrogen) atoms. The van der Waals surface area contributed by atoms with E-state index >= 15 is 0 Å². The van der Waals surface area contributed by atoms with Crippen molar-refractivity contribution in [3.8, 4) is 0 Å². The zero-order valence-electron chi connectivity index (χ0n) is 11.4. The number of rotatable bonds is 2. The maximum atomic E-state index is 12.3. The molecule has 2 rings (SSSR count). The molecule has 0 radical (unpaired) electrons. The highest BCUT2D eigenvalue weighted by Crippen LogP contribution is 2.29. The van der Waals surface area contributed by atoms with Crippen molar-refractivity contribution in [2.75, 3.05) is 0 Å². The zero-order chi connectivity index (χ0) is 15.8. The highest BCUT2D eigenvalue weighted by Gasteiger charge is 2.37. The van der Waals surface area contributed by atoms with E-state index in [1.54, 1.807) is 32.0 Å². The number of Topliss-reactive ketones (excluding diaryl/α,β-unsaturated/α-hetero) is 1. The molecular formula is C14H13Cl2NO3S. The third-order valence-corrected chi connectivity index (χ3v) is 5.69. The molecule has 112 valence electrons. The standard InChI is InChI=1S/C14H13Cl2NO3S/c1-8-9(2)14(18)12(16)11(15)13(8)17-21(19,20)10-6-4-3-5-7-10/h3-7,11-12H,1-2H3/b17-13+. The number of alkyl halides is 2. The largest absolute Gasteiger partial charge is 0.293 e. The van der Waals surface area contributed by atoms with Gasteiger partial charge in [-0.2, -0.15) is 12.8 Å².